The molecule has 1 aliphatic carbocycles. The van der Waals surface area contributed by atoms with Crippen LogP contribution in [0.5, 0.6) is 0 Å². The minimum atomic E-state index is 0.403. The van der Waals surface area contributed by atoms with Gasteiger partial charge in [0.05, 0.1) is 0 Å². The van der Waals surface area contributed by atoms with Crippen molar-refractivity contribution in [3.05, 3.63) is 0 Å². The molecule has 2 atom stereocenters. The minimum absolute atomic E-state index is 0.403. The van der Waals surface area contributed by atoms with Crippen LogP contribution in [-0.2, 0) is 0 Å². The van der Waals surface area contributed by atoms with Gasteiger partial charge in [0.25, 0.3) is 0 Å². The number of aliphatic hydroxyl groups excluding tert-OH is 1. The van der Waals surface area contributed by atoms with E-state index in [1.54, 1.807) is 0 Å². The summed E-state index contributed by atoms with van der Waals surface area (Å²) >= 11 is 0. The Labute approximate surface area is 153 Å². The van der Waals surface area contributed by atoms with Gasteiger partial charge in [0, 0.05) is 6.61 Å². The fourth-order valence-electron chi connectivity index (χ4n) is 4.14. The Morgan fingerprint density at radius 2 is 0.917 bits per heavy atom. The Balaban J connectivity index is 1.64. The van der Waals surface area contributed by atoms with Gasteiger partial charge >= 0.3 is 0 Å². The van der Waals surface area contributed by atoms with Gasteiger partial charge in [-0.1, -0.05) is 116 Å². The SMILES string of the molecule is CCCCCCCCCCCCCCCCCC[C@H]1C[C@H]1CCO. The molecule has 1 aliphatic rings. The molecule has 1 nitrogen and oxygen atoms in total. The van der Waals surface area contributed by atoms with E-state index in [4.69, 9.17) is 5.11 Å². The van der Waals surface area contributed by atoms with Crippen LogP contribution >= 0.6 is 0 Å². The molecule has 1 fully saturated rings. The topological polar surface area (TPSA) is 20.2 Å². The zero-order valence-electron chi connectivity index (χ0n) is 16.7. The van der Waals surface area contributed by atoms with Crippen LogP contribution in [0.15, 0.2) is 0 Å². The summed E-state index contributed by atoms with van der Waals surface area (Å²) in [6, 6.07) is 0. The van der Waals surface area contributed by atoms with Crippen molar-refractivity contribution in [2.24, 2.45) is 11.8 Å². The van der Waals surface area contributed by atoms with E-state index in [-0.39, 0.29) is 0 Å². The summed E-state index contributed by atoms with van der Waals surface area (Å²) in [7, 11) is 0. The van der Waals surface area contributed by atoms with E-state index in [2.05, 4.69) is 6.92 Å². The Hall–Kier alpha value is -0.0400. The highest BCUT2D eigenvalue weighted by atomic mass is 16.3. The maximum atomic E-state index is 8.91. The minimum Gasteiger partial charge on any atom is -0.396 e. The Morgan fingerprint density at radius 1 is 0.542 bits per heavy atom. The lowest BCUT2D eigenvalue weighted by Gasteiger charge is -2.04. The largest absolute Gasteiger partial charge is 0.396 e. The van der Waals surface area contributed by atoms with Gasteiger partial charge in [0.1, 0.15) is 0 Å². The lowest BCUT2D eigenvalue weighted by atomic mass is 10.0. The Morgan fingerprint density at radius 3 is 1.33 bits per heavy atom. The highest BCUT2D eigenvalue weighted by molar-refractivity contribution is 4.85. The second kappa shape index (κ2) is 16.4. The van der Waals surface area contributed by atoms with Gasteiger partial charge in [0.2, 0.25) is 0 Å². The van der Waals surface area contributed by atoms with Crippen molar-refractivity contribution in [3.8, 4) is 0 Å². The third kappa shape index (κ3) is 13.3. The normalized spacial score (nSPS) is 19.8. The van der Waals surface area contributed by atoms with Crippen molar-refractivity contribution < 1.29 is 5.11 Å². The van der Waals surface area contributed by atoms with Crippen LogP contribution in [0.4, 0.5) is 0 Å². The molecule has 144 valence electrons. The van der Waals surface area contributed by atoms with Crippen LogP contribution in [0.1, 0.15) is 129 Å². The third-order valence-corrected chi connectivity index (χ3v) is 6.00. The average Bonchev–Trinajstić information content (AvgIpc) is 3.33. The molecule has 0 aromatic rings. The first-order valence-electron chi connectivity index (χ1n) is 11.5. The number of aliphatic hydroxyl groups is 1. The first-order valence-corrected chi connectivity index (χ1v) is 11.5. The van der Waals surface area contributed by atoms with Gasteiger partial charge < -0.3 is 5.11 Å². The Bertz CT molecular complexity index is 250. The van der Waals surface area contributed by atoms with Crippen molar-refractivity contribution in [3.63, 3.8) is 0 Å². The first kappa shape index (κ1) is 22.0. The lowest BCUT2D eigenvalue weighted by molar-refractivity contribution is 0.276. The molecule has 1 saturated carbocycles. The molecule has 24 heavy (non-hydrogen) atoms. The van der Waals surface area contributed by atoms with Crippen LogP contribution in [-0.4, -0.2) is 11.7 Å². The van der Waals surface area contributed by atoms with Gasteiger partial charge in [-0.05, 0) is 24.7 Å². The molecule has 0 unspecified atom stereocenters. The summed E-state index contributed by atoms with van der Waals surface area (Å²) in [6.07, 6.45) is 27.2. The molecule has 0 radical (unpaired) electrons. The van der Waals surface area contributed by atoms with Crippen LogP contribution in [0, 0.1) is 11.8 Å². The van der Waals surface area contributed by atoms with E-state index < -0.39 is 0 Å². The second-order valence-corrected chi connectivity index (χ2v) is 8.36. The van der Waals surface area contributed by atoms with E-state index in [0.717, 1.165) is 18.3 Å². The van der Waals surface area contributed by atoms with Crippen molar-refractivity contribution in [2.75, 3.05) is 6.61 Å². The van der Waals surface area contributed by atoms with E-state index in [1.165, 1.54) is 116 Å². The molecule has 0 saturated heterocycles. The molecule has 1 rings (SSSR count). The molecule has 0 aliphatic heterocycles. The molecule has 0 bridgehead atoms. The standard InChI is InChI=1S/C23H46O/c1-2-3-4-5-6-7-8-9-10-11-12-13-14-15-16-17-18-22-21-23(22)19-20-24/h22-24H,2-21H2,1H3/t22-,23+/m0/s1. The second-order valence-electron chi connectivity index (χ2n) is 8.36. The maximum Gasteiger partial charge on any atom is 0.0433 e. The molecule has 0 spiro atoms. The van der Waals surface area contributed by atoms with Crippen LogP contribution < -0.4 is 0 Å². The van der Waals surface area contributed by atoms with Crippen molar-refractivity contribution in [2.45, 2.75) is 129 Å². The predicted octanol–water partition coefficient (Wildman–Crippen LogP) is 7.66. The average molecular weight is 339 g/mol. The summed E-state index contributed by atoms with van der Waals surface area (Å²) in [6.45, 7) is 2.70. The van der Waals surface area contributed by atoms with E-state index in [1.807, 2.05) is 0 Å². The fourth-order valence-corrected chi connectivity index (χ4v) is 4.14. The van der Waals surface area contributed by atoms with Crippen LogP contribution in [0.2, 0.25) is 0 Å². The molecule has 0 aromatic carbocycles. The number of hydrogen-bond donors (Lipinski definition) is 1. The molecule has 0 heterocycles. The predicted molar refractivity (Wildman–Crippen MR) is 107 cm³/mol. The van der Waals surface area contributed by atoms with Crippen molar-refractivity contribution in [1.29, 1.82) is 0 Å². The summed E-state index contributed by atoms with van der Waals surface area (Å²) in [5.41, 5.74) is 0. The highest BCUT2D eigenvalue weighted by Gasteiger charge is 2.34. The van der Waals surface area contributed by atoms with E-state index in [9.17, 15) is 0 Å². The van der Waals surface area contributed by atoms with Crippen LogP contribution in [0.3, 0.4) is 0 Å². The van der Waals surface area contributed by atoms with Gasteiger partial charge in [-0.2, -0.15) is 0 Å². The summed E-state index contributed by atoms with van der Waals surface area (Å²) < 4.78 is 0. The first-order chi connectivity index (χ1) is 11.9. The molecular formula is C23H46O. The smallest absolute Gasteiger partial charge is 0.0433 e. The molecule has 1 N–H and O–H groups in total. The number of hydrogen-bond acceptors (Lipinski definition) is 1. The van der Waals surface area contributed by atoms with Crippen molar-refractivity contribution >= 4 is 0 Å². The summed E-state index contributed by atoms with van der Waals surface area (Å²) in [5.74, 6) is 1.86. The van der Waals surface area contributed by atoms with Gasteiger partial charge in [-0.3, -0.25) is 0 Å². The third-order valence-electron chi connectivity index (χ3n) is 6.00. The number of unbranched alkanes of at least 4 members (excludes halogenated alkanes) is 15. The monoisotopic (exact) mass is 338 g/mol. The fraction of sp³-hybridized carbons (Fsp3) is 1.00. The Kier molecular flexibility index (Phi) is 15.1. The zero-order valence-corrected chi connectivity index (χ0v) is 16.7. The van der Waals surface area contributed by atoms with E-state index >= 15 is 0 Å². The summed E-state index contributed by atoms with van der Waals surface area (Å²) in [5, 5.41) is 8.91. The van der Waals surface area contributed by atoms with Crippen LogP contribution in [0.25, 0.3) is 0 Å². The van der Waals surface area contributed by atoms with Gasteiger partial charge in [0.15, 0.2) is 0 Å². The lowest BCUT2D eigenvalue weighted by Crippen LogP contribution is -1.88. The van der Waals surface area contributed by atoms with Gasteiger partial charge in [-0.25, -0.2) is 0 Å². The molecule has 0 aromatic heterocycles. The molecule has 1 heteroatoms. The van der Waals surface area contributed by atoms with Gasteiger partial charge in [-0.15, -0.1) is 0 Å². The molecular weight excluding hydrogens is 292 g/mol. The number of rotatable bonds is 19. The molecule has 0 amide bonds. The van der Waals surface area contributed by atoms with Crippen molar-refractivity contribution in [1.82, 2.24) is 0 Å². The maximum absolute atomic E-state index is 8.91. The summed E-state index contributed by atoms with van der Waals surface area (Å²) in [4.78, 5) is 0. The highest BCUT2D eigenvalue weighted by Crippen LogP contribution is 2.44. The zero-order chi connectivity index (χ0) is 17.3. The quantitative estimate of drug-likeness (QED) is 0.240. The van der Waals surface area contributed by atoms with E-state index in [0.29, 0.717) is 6.61 Å².